The molecule has 0 saturated heterocycles. The fraction of sp³-hybridized carbons (Fsp3) is 0.615. The van der Waals surface area contributed by atoms with Gasteiger partial charge < -0.3 is 14.7 Å². The third-order valence-electron chi connectivity index (χ3n) is 1.87. The summed E-state index contributed by atoms with van der Waals surface area (Å²) in [7, 11) is 0. The Bertz CT molecular complexity index is 268. The Balaban J connectivity index is 4.45. The molecule has 0 aromatic rings. The Hall–Kier alpha value is -1.29. The summed E-state index contributed by atoms with van der Waals surface area (Å²) >= 11 is 0. The average Bonchev–Trinajstić information content (AvgIpc) is 2.14. The van der Waals surface area contributed by atoms with Crippen molar-refractivity contribution >= 4 is 6.09 Å². The Morgan fingerprint density at radius 1 is 1.41 bits per heavy atom. The van der Waals surface area contributed by atoms with Gasteiger partial charge in [0.05, 0.1) is 12.6 Å². The van der Waals surface area contributed by atoms with Gasteiger partial charge in [0, 0.05) is 6.54 Å². The SMILES string of the molecule is C=CCC(O)CN(CC=C)C(=O)OC(C)(C)C. The van der Waals surface area contributed by atoms with Crippen molar-refractivity contribution in [2.45, 2.75) is 38.9 Å². The predicted molar refractivity (Wildman–Crippen MR) is 68.8 cm³/mol. The van der Waals surface area contributed by atoms with Crippen LogP contribution in [0.2, 0.25) is 0 Å². The van der Waals surface area contributed by atoms with Crippen LogP contribution in [0.4, 0.5) is 4.79 Å². The fourth-order valence-corrected chi connectivity index (χ4v) is 1.23. The molecule has 0 radical (unpaired) electrons. The highest BCUT2D eigenvalue weighted by Crippen LogP contribution is 2.10. The van der Waals surface area contributed by atoms with Crippen molar-refractivity contribution in [3.8, 4) is 0 Å². The summed E-state index contributed by atoms with van der Waals surface area (Å²) in [6.07, 6.45) is 2.59. The lowest BCUT2D eigenvalue weighted by atomic mass is 10.2. The summed E-state index contributed by atoms with van der Waals surface area (Å²) in [6, 6.07) is 0. The van der Waals surface area contributed by atoms with E-state index in [1.165, 1.54) is 4.90 Å². The summed E-state index contributed by atoms with van der Waals surface area (Å²) in [5.74, 6) is 0. The summed E-state index contributed by atoms with van der Waals surface area (Å²) in [5.41, 5.74) is -0.542. The molecule has 17 heavy (non-hydrogen) atoms. The number of hydrogen-bond acceptors (Lipinski definition) is 3. The van der Waals surface area contributed by atoms with E-state index in [0.717, 1.165) is 0 Å². The van der Waals surface area contributed by atoms with Gasteiger partial charge in [-0.1, -0.05) is 12.2 Å². The zero-order valence-corrected chi connectivity index (χ0v) is 11.0. The van der Waals surface area contributed by atoms with E-state index in [1.54, 1.807) is 32.9 Å². The maximum Gasteiger partial charge on any atom is 0.410 e. The number of ether oxygens (including phenoxy) is 1. The van der Waals surface area contributed by atoms with Crippen LogP contribution in [0, 0.1) is 0 Å². The Morgan fingerprint density at radius 3 is 2.41 bits per heavy atom. The highest BCUT2D eigenvalue weighted by atomic mass is 16.6. The van der Waals surface area contributed by atoms with Gasteiger partial charge in [0.15, 0.2) is 0 Å². The minimum absolute atomic E-state index is 0.215. The van der Waals surface area contributed by atoms with Gasteiger partial charge >= 0.3 is 6.09 Å². The van der Waals surface area contributed by atoms with Crippen LogP contribution >= 0.6 is 0 Å². The third kappa shape index (κ3) is 7.58. The lowest BCUT2D eigenvalue weighted by Gasteiger charge is -2.27. The number of hydrogen-bond donors (Lipinski definition) is 1. The van der Waals surface area contributed by atoms with Crippen molar-refractivity contribution in [1.29, 1.82) is 0 Å². The van der Waals surface area contributed by atoms with E-state index in [-0.39, 0.29) is 6.54 Å². The van der Waals surface area contributed by atoms with Crippen molar-refractivity contribution in [1.82, 2.24) is 4.90 Å². The topological polar surface area (TPSA) is 49.8 Å². The molecule has 0 aromatic heterocycles. The number of aliphatic hydroxyl groups is 1. The third-order valence-corrected chi connectivity index (χ3v) is 1.87. The van der Waals surface area contributed by atoms with Gasteiger partial charge in [-0.3, -0.25) is 0 Å². The zero-order chi connectivity index (χ0) is 13.5. The lowest BCUT2D eigenvalue weighted by molar-refractivity contribution is 0.0176. The molecule has 4 heteroatoms. The molecule has 0 spiro atoms. The monoisotopic (exact) mass is 241 g/mol. The van der Waals surface area contributed by atoms with Crippen LogP contribution in [-0.4, -0.2) is 40.9 Å². The van der Waals surface area contributed by atoms with Gasteiger partial charge in [0.1, 0.15) is 5.60 Å². The minimum atomic E-state index is -0.625. The normalized spacial score (nSPS) is 12.7. The number of amides is 1. The molecule has 1 unspecified atom stereocenters. The first kappa shape index (κ1) is 15.7. The molecule has 0 bridgehead atoms. The molecule has 0 rings (SSSR count). The first-order valence-electron chi connectivity index (χ1n) is 5.68. The zero-order valence-electron chi connectivity index (χ0n) is 11.0. The van der Waals surface area contributed by atoms with Crippen molar-refractivity contribution in [3.63, 3.8) is 0 Å². The average molecular weight is 241 g/mol. The smallest absolute Gasteiger partial charge is 0.410 e. The molecule has 0 heterocycles. The van der Waals surface area contributed by atoms with E-state index >= 15 is 0 Å². The molecule has 0 aromatic carbocycles. The van der Waals surface area contributed by atoms with E-state index in [2.05, 4.69) is 13.2 Å². The highest BCUT2D eigenvalue weighted by Gasteiger charge is 2.22. The first-order chi connectivity index (χ1) is 7.80. The molecular formula is C13H23NO3. The Labute approximate surface area is 104 Å². The quantitative estimate of drug-likeness (QED) is 0.726. The summed E-state index contributed by atoms with van der Waals surface area (Å²) < 4.78 is 5.23. The maximum absolute atomic E-state index is 11.8. The molecular weight excluding hydrogens is 218 g/mol. The summed E-state index contributed by atoms with van der Waals surface area (Å²) in [4.78, 5) is 13.2. The molecule has 0 fully saturated rings. The highest BCUT2D eigenvalue weighted by molar-refractivity contribution is 5.68. The molecule has 1 atom stereocenters. The van der Waals surface area contributed by atoms with Crippen LogP contribution in [0.3, 0.4) is 0 Å². The van der Waals surface area contributed by atoms with Crippen LogP contribution in [0.25, 0.3) is 0 Å². The second kappa shape index (κ2) is 7.12. The fourth-order valence-electron chi connectivity index (χ4n) is 1.23. The van der Waals surface area contributed by atoms with Crippen molar-refractivity contribution in [3.05, 3.63) is 25.3 Å². The van der Waals surface area contributed by atoms with Crippen molar-refractivity contribution < 1.29 is 14.6 Å². The van der Waals surface area contributed by atoms with Crippen LogP contribution in [0.15, 0.2) is 25.3 Å². The molecule has 1 N–H and O–H groups in total. The molecule has 0 saturated carbocycles. The minimum Gasteiger partial charge on any atom is -0.444 e. The number of carbonyl (C=O) groups is 1. The number of aliphatic hydroxyl groups excluding tert-OH is 1. The standard InChI is InChI=1S/C13H23NO3/c1-6-8-11(15)10-14(9-7-2)12(16)17-13(3,4)5/h6-7,11,15H,1-2,8-10H2,3-5H3. The second-order valence-corrected chi connectivity index (χ2v) is 4.85. The Kier molecular flexibility index (Phi) is 6.58. The molecule has 0 aliphatic carbocycles. The number of nitrogens with zero attached hydrogens (tertiary/aromatic N) is 1. The van der Waals surface area contributed by atoms with Gasteiger partial charge in [-0.15, -0.1) is 13.2 Å². The predicted octanol–water partition coefficient (Wildman–Crippen LogP) is 2.35. The van der Waals surface area contributed by atoms with Crippen LogP contribution in [-0.2, 0) is 4.74 Å². The molecule has 98 valence electrons. The molecule has 4 nitrogen and oxygen atoms in total. The van der Waals surface area contributed by atoms with Crippen molar-refractivity contribution in [2.24, 2.45) is 0 Å². The number of rotatable bonds is 6. The van der Waals surface area contributed by atoms with E-state index in [4.69, 9.17) is 4.74 Å². The molecule has 0 aliphatic heterocycles. The molecule has 1 amide bonds. The maximum atomic E-state index is 11.8. The van der Waals surface area contributed by atoms with Gasteiger partial charge in [-0.2, -0.15) is 0 Å². The van der Waals surface area contributed by atoms with Gasteiger partial charge in [0.25, 0.3) is 0 Å². The van der Waals surface area contributed by atoms with Crippen LogP contribution < -0.4 is 0 Å². The van der Waals surface area contributed by atoms with Crippen molar-refractivity contribution in [2.75, 3.05) is 13.1 Å². The Morgan fingerprint density at radius 2 is 2.00 bits per heavy atom. The van der Waals surface area contributed by atoms with E-state index in [0.29, 0.717) is 13.0 Å². The van der Waals surface area contributed by atoms with E-state index < -0.39 is 17.8 Å². The lowest BCUT2D eigenvalue weighted by Crippen LogP contribution is -2.41. The van der Waals surface area contributed by atoms with Gasteiger partial charge in [0.2, 0.25) is 0 Å². The van der Waals surface area contributed by atoms with Gasteiger partial charge in [-0.05, 0) is 27.2 Å². The molecule has 0 aliphatic rings. The van der Waals surface area contributed by atoms with Crippen LogP contribution in [0.5, 0.6) is 0 Å². The van der Waals surface area contributed by atoms with E-state index in [1.807, 2.05) is 0 Å². The second-order valence-electron chi connectivity index (χ2n) is 4.85. The van der Waals surface area contributed by atoms with Crippen LogP contribution in [0.1, 0.15) is 27.2 Å². The van der Waals surface area contributed by atoms with Gasteiger partial charge in [-0.25, -0.2) is 4.79 Å². The van der Waals surface area contributed by atoms with E-state index in [9.17, 15) is 9.90 Å². The first-order valence-corrected chi connectivity index (χ1v) is 5.68. The largest absolute Gasteiger partial charge is 0.444 e. The summed E-state index contributed by atoms with van der Waals surface area (Å²) in [5, 5.41) is 9.64. The number of carbonyl (C=O) groups excluding carboxylic acids is 1. The summed E-state index contributed by atoms with van der Waals surface area (Å²) in [6.45, 7) is 13.1.